The predicted molar refractivity (Wildman–Crippen MR) is 53.3 cm³/mol. The standard InChI is InChI=1S/C9H10ClN3O/c1-6(14-2)8-11-7-4-3-5-13(10)9(7)12-8/h3-6H,1-2H3. The van der Waals surface area contributed by atoms with Gasteiger partial charge in [-0.2, -0.15) is 0 Å². The van der Waals surface area contributed by atoms with Gasteiger partial charge in [0.15, 0.2) is 11.6 Å². The monoisotopic (exact) mass is 211 g/mol. The summed E-state index contributed by atoms with van der Waals surface area (Å²) in [6, 6.07) is 3.69. The molecule has 0 aromatic heterocycles. The fourth-order valence-electron chi connectivity index (χ4n) is 1.20. The van der Waals surface area contributed by atoms with Gasteiger partial charge in [-0.1, -0.05) is 0 Å². The molecule has 0 fully saturated rings. The molecule has 0 aromatic rings. The Balaban J connectivity index is 2.51. The van der Waals surface area contributed by atoms with Crippen molar-refractivity contribution in [2.24, 2.45) is 0 Å². The first-order valence-corrected chi connectivity index (χ1v) is 4.60. The lowest BCUT2D eigenvalue weighted by molar-refractivity contribution is 0.113. The highest BCUT2D eigenvalue weighted by Crippen LogP contribution is 2.23. The third-order valence-corrected chi connectivity index (χ3v) is 2.35. The number of hydrogen-bond acceptors (Lipinski definition) is 3. The Morgan fingerprint density at radius 2 is 2.29 bits per heavy atom. The van der Waals surface area contributed by atoms with E-state index < -0.39 is 0 Å². The number of imidazole rings is 1. The number of fused-ring (bicyclic) bond motifs is 1. The molecule has 0 aliphatic carbocycles. The summed E-state index contributed by atoms with van der Waals surface area (Å²) in [6.07, 6.45) is 1.61. The summed E-state index contributed by atoms with van der Waals surface area (Å²) in [7, 11) is 1.63. The van der Waals surface area contributed by atoms with Crippen molar-refractivity contribution >= 4 is 11.8 Å². The highest BCUT2D eigenvalue weighted by Gasteiger charge is 2.16. The van der Waals surface area contributed by atoms with Gasteiger partial charge in [0.1, 0.15) is 11.8 Å². The van der Waals surface area contributed by atoms with Gasteiger partial charge in [-0.15, -0.1) is 0 Å². The Labute approximate surface area is 86.9 Å². The van der Waals surface area contributed by atoms with Gasteiger partial charge in [0.2, 0.25) is 0 Å². The summed E-state index contributed by atoms with van der Waals surface area (Å²) in [6.45, 7) is 1.90. The molecule has 14 heavy (non-hydrogen) atoms. The average Bonchev–Trinajstić information content (AvgIpc) is 2.62. The summed E-state index contributed by atoms with van der Waals surface area (Å²) in [4.78, 5) is 8.58. The van der Waals surface area contributed by atoms with E-state index in [1.165, 1.54) is 4.09 Å². The normalized spacial score (nSPS) is 13.4. The molecule has 2 heterocycles. The van der Waals surface area contributed by atoms with E-state index in [9.17, 15) is 0 Å². The molecule has 0 N–H and O–H groups in total. The van der Waals surface area contributed by atoms with Crippen LogP contribution in [0, 0.1) is 0 Å². The number of halogens is 1. The Morgan fingerprint density at radius 1 is 1.50 bits per heavy atom. The molecule has 0 spiro atoms. The first-order valence-electron chi connectivity index (χ1n) is 4.26. The highest BCUT2D eigenvalue weighted by molar-refractivity contribution is 6.16. The molecule has 2 aliphatic rings. The molecule has 4 nitrogen and oxygen atoms in total. The molecule has 2 aliphatic heterocycles. The van der Waals surface area contributed by atoms with Gasteiger partial charge in [0.05, 0.1) is 0 Å². The largest absolute Gasteiger partial charge is 0.374 e. The number of rotatable bonds is 2. The third kappa shape index (κ3) is 1.47. The predicted octanol–water partition coefficient (Wildman–Crippen LogP) is 2.09. The van der Waals surface area contributed by atoms with Crippen LogP contribution in [0.2, 0.25) is 0 Å². The number of methoxy groups -OCH3 is 1. The Bertz CT molecular complexity index is 415. The molecule has 1 unspecified atom stereocenters. The molecule has 0 amide bonds. The summed E-state index contributed by atoms with van der Waals surface area (Å²) < 4.78 is 6.55. The first kappa shape index (κ1) is 9.43. The van der Waals surface area contributed by atoms with Crippen LogP contribution in [-0.2, 0) is 4.74 Å². The zero-order valence-electron chi connectivity index (χ0n) is 7.94. The van der Waals surface area contributed by atoms with Crippen molar-refractivity contribution in [3.63, 3.8) is 0 Å². The van der Waals surface area contributed by atoms with Crippen LogP contribution in [0.5, 0.6) is 0 Å². The maximum absolute atomic E-state index is 5.89. The molecular formula is C9H10ClN3O. The van der Waals surface area contributed by atoms with Crippen LogP contribution < -0.4 is 0 Å². The van der Waals surface area contributed by atoms with Crippen LogP contribution in [0.4, 0.5) is 0 Å². The van der Waals surface area contributed by atoms with Gasteiger partial charge in [-0.25, -0.2) is 14.1 Å². The number of hydrogen-bond donors (Lipinski definition) is 0. The lowest BCUT2D eigenvalue weighted by Gasteiger charge is -2.02. The molecule has 0 saturated heterocycles. The van der Waals surface area contributed by atoms with Gasteiger partial charge in [0.25, 0.3) is 0 Å². The van der Waals surface area contributed by atoms with Gasteiger partial charge in [-0.05, 0) is 19.1 Å². The first-order chi connectivity index (χ1) is 6.72. The quantitative estimate of drug-likeness (QED) is 0.764. The molecule has 0 saturated carbocycles. The van der Waals surface area contributed by atoms with Crippen molar-refractivity contribution < 1.29 is 4.74 Å². The zero-order valence-corrected chi connectivity index (χ0v) is 8.69. The molecule has 1 atom stereocenters. The van der Waals surface area contributed by atoms with Crippen LogP contribution >= 0.6 is 11.8 Å². The van der Waals surface area contributed by atoms with Gasteiger partial charge >= 0.3 is 0 Å². The number of pyridine rings is 1. The summed E-state index contributed by atoms with van der Waals surface area (Å²) in [5.41, 5.74) is 0.779. The van der Waals surface area contributed by atoms with Gasteiger partial charge in [0, 0.05) is 25.1 Å². The number of aromatic nitrogens is 3. The van der Waals surface area contributed by atoms with Crippen LogP contribution in [0.1, 0.15) is 18.9 Å². The van der Waals surface area contributed by atoms with Crippen LogP contribution in [0.3, 0.4) is 0 Å². The van der Waals surface area contributed by atoms with E-state index in [0.717, 1.165) is 5.69 Å². The number of ether oxygens (including phenoxy) is 1. The second-order valence-corrected chi connectivity index (χ2v) is 3.35. The topological polar surface area (TPSA) is 39.9 Å². The van der Waals surface area contributed by atoms with Gasteiger partial charge in [-0.3, -0.25) is 0 Å². The average molecular weight is 212 g/mol. The fourth-order valence-corrected chi connectivity index (χ4v) is 1.39. The second-order valence-electron chi connectivity index (χ2n) is 2.99. The van der Waals surface area contributed by atoms with Crippen molar-refractivity contribution in [3.8, 4) is 11.5 Å². The molecule has 0 bridgehead atoms. The van der Waals surface area contributed by atoms with E-state index in [4.69, 9.17) is 16.5 Å². The van der Waals surface area contributed by atoms with Gasteiger partial charge < -0.3 is 4.74 Å². The Kier molecular flexibility index (Phi) is 2.39. The van der Waals surface area contributed by atoms with Crippen LogP contribution in [0.25, 0.3) is 11.5 Å². The molecular weight excluding hydrogens is 202 g/mol. The summed E-state index contributed by atoms with van der Waals surface area (Å²) >= 11 is 5.89. The van der Waals surface area contributed by atoms with Crippen LogP contribution in [-0.4, -0.2) is 21.2 Å². The van der Waals surface area contributed by atoms with Crippen molar-refractivity contribution in [1.82, 2.24) is 14.1 Å². The minimum Gasteiger partial charge on any atom is -0.374 e. The van der Waals surface area contributed by atoms with E-state index in [1.807, 2.05) is 19.1 Å². The molecule has 0 radical (unpaired) electrons. The van der Waals surface area contributed by atoms with Crippen LogP contribution in [0.15, 0.2) is 18.3 Å². The SMILES string of the molecule is COC(C)c1nc2cccn(Cl)c-2n1. The highest BCUT2D eigenvalue weighted by atomic mass is 35.5. The minimum absolute atomic E-state index is 0.112. The minimum atomic E-state index is -0.112. The van der Waals surface area contributed by atoms with Crippen molar-refractivity contribution in [3.05, 3.63) is 24.2 Å². The lowest BCUT2D eigenvalue weighted by Crippen LogP contribution is -1.97. The number of nitrogens with zero attached hydrogens (tertiary/aromatic N) is 3. The molecule has 74 valence electrons. The fraction of sp³-hybridized carbons (Fsp3) is 0.333. The second kappa shape index (κ2) is 3.55. The van der Waals surface area contributed by atoms with Crippen molar-refractivity contribution in [1.29, 1.82) is 0 Å². The lowest BCUT2D eigenvalue weighted by atomic mass is 10.3. The summed E-state index contributed by atoms with van der Waals surface area (Å²) in [5, 5.41) is 0. The van der Waals surface area contributed by atoms with E-state index in [0.29, 0.717) is 11.6 Å². The Morgan fingerprint density at radius 3 is 2.93 bits per heavy atom. The van der Waals surface area contributed by atoms with E-state index in [2.05, 4.69) is 9.97 Å². The zero-order chi connectivity index (χ0) is 10.1. The molecule has 2 rings (SSSR count). The Hall–Kier alpha value is -1.13. The molecule has 5 heteroatoms. The summed E-state index contributed by atoms with van der Waals surface area (Å²) in [5.74, 6) is 1.32. The van der Waals surface area contributed by atoms with E-state index in [-0.39, 0.29) is 6.10 Å². The third-order valence-electron chi connectivity index (χ3n) is 2.08. The maximum Gasteiger partial charge on any atom is 0.175 e. The van der Waals surface area contributed by atoms with Crippen molar-refractivity contribution in [2.45, 2.75) is 13.0 Å². The smallest absolute Gasteiger partial charge is 0.175 e. The maximum atomic E-state index is 5.89. The van der Waals surface area contributed by atoms with E-state index >= 15 is 0 Å². The molecule has 0 aromatic carbocycles. The van der Waals surface area contributed by atoms with Crippen molar-refractivity contribution in [2.75, 3.05) is 7.11 Å². The van der Waals surface area contributed by atoms with E-state index in [1.54, 1.807) is 13.3 Å².